The number of nitrogens with one attached hydrogen (secondary N) is 3. The summed E-state index contributed by atoms with van der Waals surface area (Å²) in [6.45, 7) is 4.30. The van der Waals surface area contributed by atoms with Gasteiger partial charge >= 0.3 is 12.0 Å². The SMILES string of the molecule is CC(C)CC(CNC(=O)NCc1ncc[nH]1)C(=O)O. The molecule has 0 fully saturated rings. The van der Waals surface area contributed by atoms with Gasteiger partial charge in [0.25, 0.3) is 0 Å². The number of carbonyl (C=O) groups excluding carboxylic acids is 1. The molecule has 0 radical (unpaired) electrons. The summed E-state index contributed by atoms with van der Waals surface area (Å²) in [5.74, 6) is -0.532. The zero-order valence-electron chi connectivity index (χ0n) is 11.1. The number of rotatable bonds is 7. The Balaban J connectivity index is 2.29. The van der Waals surface area contributed by atoms with E-state index in [1.807, 2.05) is 13.8 Å². The van der Waals surface area contributed by atoms with Gasteiger partial charge in [-0.15, -0.1) is 0 Å². The van der Waals surface area contributed by atoms with Crippen LogP contribution in [0.4, 0.5) is 4.79 Å². The molecule has 0 aliphatic carbocycles. The highest BCUT2D eigenvalue weighted by molar-refractivity contribution is 5.75. The fraction of sp³-hybridized carbons (Fsp3) is 0.583. The summed E-state index contributed by atoms with van der Waals surface area (Å²) in [6, 6.07) is -0.397. The normalized spacial score (nSPS) is 12.2. The van der Waals surface area contributed by atoms with Gasteiger partial charge in [-0.1, -0.05) is 13.8 Å². The lowest BCUT2D eigenvalue weighted by molar-refractivity contribution is -0.142. The van der Waals surface area contributed by atoms with Crippen molar-refractivity contribution in [2.75, 3.05) is 6.54 Å². The second-order valence-electron chi connectivity index (χ2n) is 4.76. The quantitative estimate of drug-likeness (QED) is 0.590. The molecule has 1 rings (SSSR count). The number of urea groups is 1. The van der Waals surface area contributed by atoms with E-state index in [9.17, 15) is 9.59 Å². The van der Waals surface area contributed by atoms with Gasteiger partial charge in [0, 0.05) is 18.9 Å². The Kier molecular flexibility index (Phi) is 5.84. The number of carboxylic acids is 1. The molecule has 0 spiro atoms. The molecular weight excluding hydrogens is 248 g/mol. The van der Waals surface area contributed by atoms with Gasteiger partial charge in [0.2, 0.25) is 0 Å². The maximum absolute atomic E-state index is 11.5. The molecule has 0 saturated heterocycles. The Morgan fingerprint density at radius 1 is 1.42 bits per heavy atom. The highest BCUT2D eigenvalue weighted by Gasteiger charge is 2.19. The Morgan fingerprint density at radius 2 is 2.16 bits per heavy atom. The van der Waals surface area contributed by atoms with Crippen molar-refractivity contribution < 1.29 is 14.7 Å². The summed E-state index contributed by atoms with van der Waals surface area (Å²) >= 11 is 0. The molecule has 1 atom stereocenters. The van der Waals surface area contributed by atoms with E-state index in [-0.39, 0.29) is 19.0 Å². The van der Waals surface area contributed by atoms with Crippen molar-refractivity contribution in [1.29, 1.82) is 0 Å². The van der Waals surface area contributed by atoms with Crippen LogP contribution < -0.4 is 10.6 Å². The Morgan fingerprint density at radius 3 is 2.68 bits per heavy atom. The number of carboxylic acid groups (broad SMARTS) is 1. The van der Waals surface area contributed by atoms with Crippen molar-refractivity contribution in [1.82, 2.24) is 20.6 Å². The number of aromatic amines is 1. The van der Waals surface area contributed by atoms with E-state index >= 15 is 0 Å². The number of amides is 2. The van der Waals surface area contributed by atoms with E-state index in [1.54, 1.807) is 12.4 Å². The number of aromatic nitrogens is 2. The van der Waals surface area contributed by atoms with Crippen molar-refractivity contribution in [3.63, 3.8) is 0 Å². The number of carbonyl (C=O) groups is 2. The maximum Gasteiger partial charge on any atom is 0.315 e. The first-order valence-corrected chi connectivity index (χ1v) is 6.21. The average Bonchev–Trinajstić information content (AvgIpc) is 2.84. The predicted molar refractivity (Wildman–Crippen MR) is 69.4 cm³/mol. The van der Waals surface area contributed by atoms with Crippen LogP contribution in [0.3, 0.4) is 0 Å². The van der Waals surface area contributed by atoms with Crippen LogP contribution in [0.1, 0.15) is 26.1 Å². The van der Waals surface area contributed by atoms with Crippen LogP contribution in [0, 0.1) is 11.8 Å². The minimum atomic E-state index is -0.889. The van der Waals surface area contributed by atoms with Gasteiger partial charge in [-0.3, -0.25) is 4.79 Å². The summed E-state index contributed by atoms with van der Waals surface area (Å²) in [5.41, 5.74) is 0. The van der Waals surface area contributed by atoms with Crippen LogP contribution >= 0.6 is 0 Å². The molecule has 0 aliphatic heterocycles. The van der Waals surface area contributed by atoms with E-state index in [1.165, 1.54) is 0 Å². The van der Waals surface area contributed by atoms with E-state index in [4.69, 9.17) is 5.11 Å². The minimum absolute atomic E-state index is 0.123. The fourth-order valence-corrected chi connectivity index (χ4v) is 1.68. The van der Waals surface area contributed by atoms with Crippen molar-refractivity contribution in [2.45, 2.75) is 26.8 Å². The Hall–Kier alpha value is -2.05. The summed E-state index contributed by atoms with van der Waals surface area (Å²) in [5, 5.41) is 14.2. The van der Waals surface area contributed by atoms with Gasteiger partial charge in [-0.2, -0.15) is 0 Å². The predicted octanol–water partition coefficient (Wildman–Crippen LogP) is 0.956. The fourth-order valence-electron chi connectivity index (χ4n) is 1.68. The Bertz CT molecular complexity index is 403. The van der Waals surface area contributed by atoms with Crippen LogP contribution in [-0.4, -0.2) is 33.6 Å². The summed E-state index contributed by atoms with van der Waals surface area (Å²) in [7, 11) is 0. The minimum Gasteiger partial charge on any atom is -0.481 e. The molecule has 1 heterocycles. The zero-order valence-corrected chi connectivity index (χ0v) is 11.1. The van der Waals surface area contributed by atoms with Gasteiger partial charge in [0.05, 0.1) is 12.5 Å². The third kappa shape index (κ3) is 5.89. The molecule has 7 heteroatoms. The number of imidazole rings is 1. The third-order valence-corrected chi connectivity index (χ3v) is 2.59. The molecule has 106 valence electrons. The molecule has 1 aromatic heterocycles. The van der Waals surface area contributed by atoms with Crippen molar-refractivity contribution in [3.05, 3.63) is 18.2 Å². The zero-order chi connectivity index (χ0) is 14.3. The largest absolute Gasteiger partial charge is 0.481 e. The highest BCUT2D eigenvalue weighted by Crippen LogP contribution is 2.10. The summed E-state index contributed by atoms with van der Waals surface area (Å²) in [6.07, 6.45) is 3.80. The lowest BCUT2D eigenvalue weighted by Crippen LogP contribution is -2.40. The maximum atomic E-state index is 11.5. The monoisotopic (exact) mass is 268 g/mol. The van der Waals surface area contributed by atoms with Crippen molar-refractivity contribution >= 4 is 12.0 Å². The van der Waals surface area contributed by atoms with Crippen LogP contribution in [-0.2, 0) is 11.3 Å². The number of hydrogen-bond acceptors (Lipinski definition) is 3. The van der Waals surface area contributed by atoms with Gasteiger partial charge in [0.15, 0.2) is 0 Å². The topological polar surface area (TPSA) is 107 Å². The smallest absolute Gasteiger partial charge is 0.315 e. The summed E-state index contributed by atoms with van der Waals surface area (Å²) < 4.78 is 0. The third-order valence-electron chi connectivity index (χ3n) is 2.59. The first-order chi connectivity index (χ1) is 8.99. The first-order valence-electron chi connectivity index (χ1n) is 6.21. The van der Waals surface area contributed by atoms with Crippen LogP contribution in [0.15, 0.2) is 12.4 Å². The molecule has 0 aromatic carbocycles. The molecule has 4 N–H and O–H groups in total. The molecule has 2 amide bonds. The van der Waals surface area contributed by atoms with Gasteiger partial charge in [0.1, 0.15) is 5.82 Å². The standard InChI is InChI=1S/C12H20N4O3/c1-8(2)5-9(11(17)18)6-15-12(19)16-7-10-13-3-4-14-10/h3-4,8-9H,5-7H2,1-2H3,(H,13,14)(H,17,18)(H2,15,16,19). The molecule has 19 heavy (non-hydrogen) atoms. The first kappa shape index (κ1) is 15.0. The molecule has 0 saturated carbocycles. The van der Waals surface area contributed by atoms with Crippen molar-refractivity contribution in [2.24, 2.45) is 11.8 Å². The van der Waals surface area contributed by atoms with E-state index < -0.39 is 17.9 Å². The molecule has 1 unspecified atom stereocenters. The highest BCUT2D eigenvalue weighted by atomic mass is 16.4. The second kappa shape index (κ2) is 7.40. The van der Waals surface area contributed by atoms with Crippen molar-refractivity contribution in [3.8, 4) is 0 Å². The van der Waals surface area contributed by atoms with Gasteiger partial charge < -0.3 is 20.7 Å². The number of aliphatic carboxylic acids is 1. The summed E-state index contributed by atoms with van der Waals surface area (Å²) in [4.78, 5) is 29.3. The Labute approximate surface area is 111 Å². The van der Waals surface area contributed by atoms with E-state index in [0.29, 0.717) is 12.2 Å². The van der Waals surface area contributed by atoms with Crippen LogP contribution in [0.25, 0.3) is 0 Å². The lowest BCUT2D eigenvalue weighted by atomic mass is 9.97. The second-order valence-corrected chi connectivity index (χ2v) is 4.76. The molecular formula is C12H20N4O3. The molecule has 0 bridgehead atoms. The van der Waals surface area contributed by atoms with E-state index in [2.05, 4.69) is 20.6 Å². The number of nitrogens with zero attached hydrogens (tertiary/aromatic N) is 1. The molecule has 7 nitrogen and oxygen atoms in total. The van der Waals surface area contributed by atoms with Gasteiger partial charge in [-0.05, 0) is 12.3 Å². The van der Waals surface area contributed by atoms with E-state index in [0.717, 1.165) is 0 Å². The number of hydrogen-bond donors (Lipinski definition) is 4. The van der Waals surface area contributed by atoms with Crippen LogP contribution in [0.2, 0.25) is 0 Å². The van der Waals surface area contributed by atoms with Crippen LogP contribution in [0.5, 0.6) is 0 Å². The molecule has 0 aliphatic rings. The molecule has 1 aromatic rings. The number of H-pyrrole nitrogens is 1. The lowest BCUT2D eigenvalue weighted by Gasteiger charge is -2.15. The average molecular weight is 268 g/mol. The van der Waals surface area contributed by atoms with Gasteiger partial charge in [-0.25, -0.2) is 9.78 Å².